The highest BCUT2D eigenvalue weighted by Crippen LogP contribution is 2.25. The van der Waals surface area contributed by atoms with Crippen LogP contribution in [0.3, 0.4) is 0 Å². The Bertz CT molecular complexity index is 836. The molecule has 5 nitrogen and oxygen atoms in total. The number of carboxylic acid groups (broad SMARTS) is 1. The van der Waals surface area contributed by atoms with Crippen LogP contribution in [0.1, 0.15) is 10.6 Å². The van der Waals surface area contributed by atoms with E-state index in [1.165, 1.54) is 0 Å². The molecule has 0 saturated heterocycles. The summed E-state index contributed by atoms with van der Waals surface area (Å²) in [5.41, 5.74) is 1.40. The minimum absolute atomic E-state index is 0.230. The highest BCUT2D eigenvalue weighted by Gasteiger charge is 2.12. The number of carboxylic acids is 1. The predicted molar refractivity (Wildman–Crippen MR) is 83.9 cm³/mol. The van der Waals surface area contributed by atoms with E-state index in [4.69, 9.17) is 5.11 Å². The fraction of sp³-hybridized carbons (Fsp3) is 0. The second-order valence-corrected chi connectivity index (χ2v) is 5.27. The quantitative estimate of drug-likeness (QED) is 0.755. The van der Waals surface area contributed by atoms with Crippen LogP contribution in [0.25, 0.3) is 10.9 Å². The molecule has 0 aliphatic rings. The molecule has 0 atom stereocenters. The summed E-state index contributed by atoms with van der Waals surface area (Å²) in [6.07, 6.45) is 0. The molecule has 0 aliphatic heterocycles. The lowest BCUT2D eigenvalue weighted by Crippen LogP contribution is -2.07. The molecule has 3 aromatic rings. The monoisotopic (exact) mass is 343 g/mol. The second-order valence-electron chi connectivity index (χ2n) is 4.35. The third-order valence-corrected chi connectivity index (χ3v) is 3.38. The van der Waals surface area contributed by atoms with Gasteiger partial charge in [0, 0.05) is 15.5 Å². The van der Waals surface area contributed by atoms with Crippen molar-refractivity contribution in [1.29, 1.82) is 0 Å². The zero-order chi connectivity index (χ0) is 14.8. The van der Waals surface area contributed by atoms with Gasteiger partial charge in [-0.2, -0.15) is 0 Å². The SMILES string of the molecule is O=C(O)c1nc(Nc2cccc(Br)c2)c2ccccc2n1. The van der Waals surface area contributed by atoms with Gasteiger partial charge in [0.15, 0.2) is 0 Å². The molecule has 2 N–H and O–H groups in total. The molecule has 3 rings (SSSR count). The van der Waals surface area contributed by atoms with Gasteiger partial charge in [-0.15, -0.1) is 0 Å². The number of anilines is 2. The van der Waals surface area contributed by atoms with Crippen LogP contribution in [0.15, 0.2) is 53.0 Å². The first-order valence-corrected chi connectivity index (χ1v) is 6.95. The molecule has 0 fully saturated rings. The van der Waals surface area contributed by atoms with E-state index in [9.17, 15) is 4.79 Å². The Balaban J connectivity index is 2.13. The van der Waals surface area contributed by atoms with Crippen molar-refractivity contribution in [3.8, 4) is 0 Å². The standard InChI is InChI=1S/C15H10BrN3O2/c16-9-4-3-5-10(8-9)17-13-11-6-1-2-7-12(11)18-14(19-13)15(20)21/h1-8H,(H,20,21)(H,17,18,19). The molecule has 0 spiro atoms. The number of hydrogen-bond acceptors (Lipinski definition) is 4. The maximum atomic E-state index is 11.1. The lowest BCUT2D eigenvalue weighted by molar-refractivity contribution is 0.0684. The van der Waals surface area contributed by atoms with Crippen molar-refractivity contribution >= 4 is 44.3 Å². The van der Waals surface area contributed by atoms with Gasteiger partial charge in [-0.1, -0.05) is 34.1 Å². The first-order valence-electron chi connectivity index (χ1n) is 6.16. The van der Waals surface area contributed by atoms with E-state index in [0.29, 0.717) is 11.3 Å². The van der Waals surface area contributed by atoms with E-state index >= 15 is 0 Å². The van der Waals surface area contributed by atoms with Crippen LogP contribution in [-0.2, 0) is 0 Å². The van der Waals surface area contributed by atoms with Crippen molar-refractivity contribution in [3.63, 3.8) is 0 Å². The van der Waals surface area contributed by atoms with E-state index in [2.05, 4.69) is 31.2 Å². The maximum absolute atomic E-state index is 11.1. The van der Waals surface area contributed by atoms with Crippen LogP contribution in [0, 0.1) is 0 Å². The number of hydrogen-bond donors (Lipinski definition) is 2. The lowest BCUT2D eigenvalue weighted by atomic mass is 10.2. The first-order chi connectivity index (χ1) is 10.1. The summed E-state index contributed by atoms with van der Waals surface area (Å²) in [6.45, 7) is 0. The molecule has 2 aromatic carbocycles. The number of halogens is 1. The van der Waals surface area contributed by atoms with E-state index in [-0.39, 0.29) is 5.82 Å². The maximum Gasteiger partial charge on any atom is 0.374 e. The van der Waals surface area contributed by atoms with Gasteiger partial charge in [0.05, 0.1) is 5.52 Å². The Kier molecular flexibility index (Phi) is 3.53. The van der Waals surface area contributed by atoms with Crippen LogP contribution in [-0.4, -0.2) is 21.0 Å². The summed E-state index contributed by atoms with van der Waals surface area (Å²) in [7, 11) is 0. The minimum Gasteiger partial charge on any atom is -0.475 e. The van der Waals surface area contributed by atoms with E-state index < -0.39 is 5.97 Å². The number of nitrogens with one attached hydrogen (secondary N) is 1. The number of benzene rings is 2. The number of aromatic nitrogens is 2. The molecule has 6 heteroatoms. The molecule has 0 amide bonds. The fourth-order valence-electron chi connectivity index (χ4n) is 1.97. The summed E-state index contributed by atoms with van der Waals surface area (Å²) in [4.78, 5) is 19.3. The fourth-order valence-corrected chi connectivity index (χ4v) is 2.37. The molecule has 0 bridgehead atoms. The molecule has 104 valence electrons. The molecule has 0 aliphatic carbocycles. The first kappa shape index (κ1) is 13.5. The molecular formula is C15H10BrN3O2. The van der Waals surface area contributed by atoms with E-state index in [1.807, 2.05) is 42.5 Å². The molecule has 21 heavy (non-hydrogen) atoms. The Labute approximate surface area is 128 Å². The van der Waals surface area contributed by atoms with Crippen LogP contribution in [0.5, 0.6) is 0 Å². The van der Waals surface area contributed by atoms with Crippen LogP contribution in [0.2, 0.25) is 0 Å². The minimum atomic E-state index is -1.15. The van der Waals surface area contributed by atoms with Crippen molar-refractivity contribution in [2.45, 2.75) is 0 Å². The predicted octanol–water partition coefficient (Wildman–Crippen LogP) is 3.83. The highest BCUT2D eigenvalue weighted by molar-refractivity contribution is 9.10. The molecular weight excluding hydrogens is 334 g/mol. The van der Waals surface area contributed by atoms with Crippen molar-refractivity contribution in [1.82, 2.24) is 9.97 Å². The van der Waals surface area contributed by atoms with Gasteiger partial charge in [-0.25, -0.2) is 14.8 Å². The normalized spacial score (nSPS) is 10.5. The Morgan fingerprint density at radius 3 is 2.67 bits per heavy atom. The van der Waals surface area contributed by atoms with Gasteiger partial charge >= 0.3 is 5.97 Å². The summed E-state index contributed by atoms with van der Waals surface area (Å²) in [5.74, 6) is -0.916. The number of nitrogens with zero attached hydrogens (tertiary/aromatic N) is 2. The van der Waals surface area contributed by atoms with Gasteiger partial charge in [0.25, 0.3) is 0 Å². The van der Waals surface area contributed by atoms with Gasteiger partial charge < -0.3 is 10.4 Å². The molecule has 1 aromatic heterocycles. The van der Waals surface area contributed by atoms with Gasteiger partial charge in [0.1, 0.15) is 5.82 Å². The average molecular weight is 344 g/mol. The average Bonchev–Trinajstić information content (AvgIpc) is 2.47. The topological polar surface area (TPSA) is 75.1 Å². The van der Waals surface area contributed by atoms with Gasteiger partial charge in [-0.3, -0.25) is 0 Å². The lowest BCUT2D eigenvalue weighted by Gasteiger charge is -2.09. The summed E-state index contributed by atoms with van der Waals surface area (Å²) in [6, 6.07) is 14.8. The third kappa shape index (κ3) is 2.85. The number of fused-ring (bicyclic) bond motifs is 1. The smallest absolute Gasteiger partial charge is 0.374 e. The van der Waals surface area contributed by atoms with Crippen LogP contribution >= 0.6 is 15.9 Å². The summed E-state index contributed by atoms with van der Waals surface area (Å²) in [5, 5.41) is 13.0. The Morgan fingerprint density at radius 2 is 1.90 bits per heavy atom. The van der Waals surface area contributed by atoms with Gasteiger partial charge in [0.2, 0.25) is 5.82 Å². The zero-order valence-corrected chi connectivity index (χ0v) is 12.3. The van der Waals surface area contributed by atoms with E-state index in [1.54, 1.807) is 6.07 Å². The second kappa shape index (κ2) is 5.49. The summed E-state index contributed by atoms with van der Waals surface area (Å²) < 4.78 is 0.921. The van der Waals surface area contributed by atoms with Gasteiger partial charge in [-0.05, 0) is 30.3 Å². The third-order valence-electron chi connectivity index (χ3n) is 2.88. The van der Waals surface area contributed by atoms with Crippen molar-refractivity contribution < 1.29 is 9.90 Å². The zero-order valence-electron chi connectivity index (χ0n) is 10.7. The molecule has 0 saturated carbocycles. The Morgan fingerprint density at radius 1 is 1.10 bits per heavy atom. The van der Waals surface area contributed by atoms with Crippen molar-refractivity contribution in [3.05, 3.63) is 58.8 Å². The number of carbonyl (C=O) groups is 1. The van der Waals surface area contributed by atoms with Crippen LogP contribution < -0.4 is 5.32 Å². The molecule has 0 radical (unpaired) electrons. The largest absolute Gasteiger partial charge is 0.475 e. The molecule has 0 unspecified atom stereocenters. The highest BCUT2D eigenvalue weighted by atomic mass is 79.9. The van der Waals surface area contributed by atoms with E-state index in [0.717, 1.165) is 15.5 Å². The van der Waals surface area contributed by atoms with Crippen molar-refractivity contribution in [2.24, 2.45) is 0 Å². The number of para-hydroxylation sites is 1. The number of rotatable bonds is 3. The molecule has 1 heterocycles. The Hall–Kier alpha value is -2.47. The number of aromatic carboxylic acids is 1. The van der Waals surface area contributed by atoms with Crippen molar-refractivity contribution in [2.75, 3.05) is 5.32 Å². The summed E-state index contributed by atoms with van der Waals surface area (Å²) >= 11 is 3.40. The van der Waals surface area contributed by atoms with Crippen LogP contribution in [0.4, 0.5) is 11.5 Å².